The van der Waals surface area contributed by atoms with Gasteiger partial charge < -0.3 is 34.3 Å². The molecule has 0 spiro atoms. The molecule has 0 radical (unpaired) electrons. The normalized spacial score (nSPS) is 28.2. The molecule has 0 amide bonds. The van der Waals surface area contributed by atoms with E-state index in [4.69, 9.17) is 19.4 Å². The van der Waals surface area contributed by atoms with E-state index in [0.29, 0.717) is 6.54 Å². The number of phosphoric acid groups is 3. The lowest BCUT2D eigenvalue weighted by molar-refractivity contribution is -0.0652. The highest BCUT2D eigenvalue weighted by Gasteiger charge is 2.43. The first kappa shape index (κ1) is 24.2. The van der Waals surface area contributed by atoms with Gasteiger partial charge in [-0.1, -0.05) is 0 Å². The molecule has 5 atom stereocenters. The number of nitrogens with zero attached hydrogens (tertiary/aromatic N) is 1. The van der Waals surface area contributed by atoms with Crippen LogP contribution in [0, 0.1) is 6.92 Å². The van der Waals surface area contributed by atoms with Crippen molar-refractivity contribution in [3.8, 4) is 0 Å². The van der Waals surface area contributed by atoms with Gasteiger partial charge in [0, 0.05) is 22.4 Å². The number of aliphatic hydroxyl groups is 1. The molecule has 170 valence electrons. The molecule has 3 heterocycles. The molecule has 17 heteroatoms. The average Bonchev–Trinajstić information content (AvgIpc) is 3.10. The van der Waals surface area contributed by atoms with Crippen LogP contribution in [0.4, 0.5) is 0 Å². The molecule has 1 aromatic rings. The lowest BCUT2D eigenvalue weighted by Gasteiger charge is -2.29. The van der Waals surface area contributed by atoms with Crippen molar-refractivity contribution in [3.05, 3.63) is 27.6 Å². The Bertz CT molecular complexity index is 959. The summed E-state index contributed by atoms with van der Waals surface area (Å²) in [6.45, 7) is 1.86. The number of ether oxygens (including phenoxy) is 1. The van der Waals surface area contributed by atoms with Crippen LogP contribution in [0.5, 0.6) is 0 Å². The fourth-order valence-electron chi connectivity index (χ4n) is 2.98. The van der Waals surface area contributed by atoms with Crippen LogP contribution in [0.15, 0.2) is 12.3 Å². The molecule has 0 saturated carbocycles. The summed E-state index contributed by atoms with van der Waals surface area (Å²) in [6.07, 6.45) is 1.24. The standard InChI is InChI=1S/C13H20NO12P3S/c1-8-4-9-2-3-14(6-12(9)30-8)13-5-10(15)11(24-13)7-23-28(19,20)26-29(21,22)25-27(16,17)18/h2-4,10-11,13,15H,5-7H2,1H3,(H,19,20)(H,21,22)(H2,16,17,18)/t10?,11-,13-/m1/s1. The summed E-state index contributed by atoms with van der Waals surface area (Å²) >= 11 is 1.64. The number of thiophene rings is 1. The molecular weight excluding hydrogens is 487 g/mol. The molecule has 30 heavy (non-hydrogen) atoms. The lowest BCUT2D eigenvalue weighted by atomic mass is 10.1. The van der Waals surface area contributed by atoms with E-state index in [9.17, 15) is 23.7 Å². The summed E-state index contributed by atoms with van der Waals surface area (Å²) in [5.74, 6) is 0. The van der Waals surface area contributed by atoms with Crippen molar-refractivity contribution in [2.24, 2.45) is 0 Å². The van der Waals surface area contributed by atoms with Gasteiger partial charge in [0.1, 0.15) is 12.3 Å². The zero-order chi connectivity index (χ0) is 22.3. The number of hydrogen-bond donors (Lipinski definition) is 5. The van der Waals surface area contributed by atoms with Crippen molar-refractivity contribution in [1.82, 2.24) is 4.90 Å². The zero-order valence-electron chi connectivity index (χ0n) is 15.4. The van der Waals surface area contributed by atoms with Gasteiger partial charge >= 0.3 is 23.5 Å². The molecule has 3 rings (SSSR count). The van der Waals surface area contributed by atoms with Gasteiger partial charge in [0.2, 0.25) is 0 Å². The topological polar surface area (TPSA) is 193 Å². The maximum atomic E-state index is 11.8. The predicted molar refractivity (Wildman–Crippen MR) is 103 cm³/mol. The minimum atomic E-state index is -5.60. The fraction of sp³-hybridized carbons (Fsp3) is 0.538. The Morgan fingerprint density at radius 3 is 2.57 bits per heavy atom. The van der Waals surface area contributed by atoms with Gasteiger partial charge in [0.25, 0.3) is 0 Å². The Morgan fingerprint density at radius 2 is 1.90 bits per heavy atom. The third-order valence-corrected chi connectivity index (χ3v) is 8.98. The van der Waals surface area contributed by atoms with E-state index in [2.05, 4.69) is 19.2 Å². The van der Waals surface area contributed by atoms with Gasteiger partial charge in [-0.3, -0.25) is 4.52 Å². The van der Waals surface area contributed by atoms with Crippen molar-refractivity contribution in [2.75, 3.05) is 6.61 Å². The van der Waals surface area contributed by atoms with Crippen molar-refractivity contribution < 1.29 is 56.3 Å². The summed E-state index contributed by atoms with van der Waals surface area (Å²) in [4.78, 5) is 39.8. The number of aryl methyl sites for hydroxylation is 1. The Labute approximate surface area is 174 Å². The molecule has 1 fully saturated rings. The average molecular weight is 507 g/mol. The summed E-state index contributed by atoms with van der Waals surface area (Å²) in [5, 5.41) is 10.2. The fourth-order valence-corrected chi connectivity index (χ4v) is 7.04. The summed E-state index contributed by atoms with van der Waals surface area (Å²) in [5.41, 5.74) is 1.11. The minimum Gasteiger partial charge on any atom is -0.390 e. The number of rotatable bonds is 8. The van der Waals surface area contributed by atoms with E-state index >= 15 is 0 Å². The Kier molecular flexibility index (Phi) is 7.13. The maximum Gasteiger partial charge on any atom is 0.490 e. The van der Waals surface area contributed by atoms with E-state index in [1.54, 1.807) is 11.3 Å². The van der Waals surface area contributed by atoms with E-state index in [1.807, 2.05) is 24.1 Å². The number of phosphoric ester groups is 1. The highest BCUT2D eigenvalue weighted by molar-refractivity contribution is 7.66. The predicted octanol–water partition coefficient (Wildman–Crippen LogP) is 1.66. The molecule has 1 saturated heterocycles. The summed E-state index contributed by atoms with van der Waals surface area (Å²) in [7, 11) is -16.3. The van der Waals surface area contributed by atoms with Crippen molar-refractivity contribution in [2.45, 2.75) is 38.3 Å². The van der Waals surface area contributed by atoms with Gasteiger partial charge in [-0.05, 0) is 24.6 Å². The molecule has 5 N–H and O–H groups in total. The first-order valence-electron chi connectivity index (χ1n) is 8.38. The number of fused-ring (bicyclic) bond motifs is 1. The van der Waals surface area contributed by atoms with Crippen LogP contribution in [-0.2, 0) is 38.1 Å². The largest absolute Gasteiger partial charge is 0.490 e. The Hall–Kier alpha value is -0.430. The van der Waals surface area contributed by atoms with E-state index in [-0.39, 0.29) is 6.42 Å². The smallest absolute Gasteiger partial charge is 0.390 e. The van der Waals surface area contributed by atoms with Crippen LogP contribution in [0.3, 0.4) is 0 Å². The molecule has 1 aromatic heterocycles. The second-order valence-corrected chi connectivity index (χ2v) is 12.3. The SMILES string of the molecule is Cc1cc2c(s1)CN([C@H]1CC(O)[C@@H](COP(=O)(O)OP(=O)(O)OP(=O)(O)O)O1)C=C2. The molecular formula is C13H20NO12P3S. The van der Waals surface area contributed by atoms with Crippen LogP contribution in [0.2, 0.25) is 0 Å². The molecule has 0 bridgehead atoms. The third kappa shape index (κ3) is 6.54. The van der Waals surface area contributed by atoms with E-state index in [1.165, 1.54) is 0 Å². The molecule has 2 aliphatic heterocycles. The summed E-state index contributed by atoms with van der Waals surface area (Å²) in [6, 6.07) is 2.06. The second-order valence-electron chi connectivity index (χ2n) is 6.54. The molecule has 13 nitrogen and oxygen atoms in total. The van der Waals surface area contributed by atoms with Gasteiger partial charge in [0.15, 0.2) is 0 Å². The van der Waals surface area contributed by atoms with Crippen LogP contribution < -0.4 is 0 Å². The van der Waals surface area contributed by atoms with E-state index in [0.717, 1.165) is 15.3 Å². The van der Waals surface area contributed by atoms with Crippen molar-refractivity contribution >= 4 is 40.9 Å². The third-order valence-electron chi connectivity index (χ3n) is 4.13. The Morgan fingerprint density at radius 1 is 1.20 bits per heavy atom. The molecule has 0 aliphatic carbocycles. The lowest BCUT2D eigenvalue weighted by Crippen LogP contribution is -2.32. The molecule has 0 aromatic carbocycles. The first-order chi connectivity index (χ1) is 13.7. The first-order valence-corrected chi connectivity index (χ1v) is 13.7. The monoisotopic (exact) mass is 507 g/mol. The molecule has 2 aliphatic rings. The highest BCUT2D eigenvalue weighted by atomic mass is 32.1. The quantitative estimate of drug-likeness (QED) is 0.319. The Balaban J connectivity index is 1.54. The van der Waals surface area contributed by atoms with E-state index < -0.39 is 48.5 Å². The number of hydrogen-bond acceptors (Lipinski definition) is 10. The van der Waals surface area contributed by atoms with Crippen LogP contribution in [0.25, 0.3) is 6.08 Å². The van der Waals surface area contributed by atoms with Gasteiger partial charge in [0.05, 0.1) is 19.3 Å². The van der Waals surface area contributed by atoms with Gasteiger partial charge in [-0.2, -0.15) is 8.62 Å². The minimum absolute atomic E-state index is 0.175. The van der Waals surface area contributed by atoms with Crippen LogP contribution in [0.1, 0.15) is 21.7 Å². The second kappa shape index (κ2) is 8.84. The maximum absolute atomic E-state index is 11.8. The zero-order valence-corrected chi connectivity index (χ0v) is 18.9. The van der Waals surface area contributed by atoms with Crippen LogP contribution >= 0.6 is 34.8 Å². The van der Waals surface area contributed by atoms with Gasteiger partial charge in [-0.25, -0.2) is 13.7 Å². The van der Waals surface area contributed by atoms with Gasteiger partial charge in [-0.15, -0.1) is 11.3 Å². The van der Waals surface area contributed by atoms with Crippen molar-refractivity contribution in [1.29, 1.82) is 0 Å². The highest BCUT2D eigenvalue weighted by Crippen LogP contribution is 2.66. The van der Waals surface area contributed by atoms with Crippen molar-refractivity contribution in [3.63, 3.8) is 0 Å². The molecule has 3 unspecified atom stereocenters. The summed E-state index contributed by atoms with van der Waals surface area (Å²) < 4.78 is 51.2. The number of aliphatic hydroxyl groups excluding tert-OH is 1. The van der Waals surface area contributed by atoms with Crippen LogP contribution in [-0.4, -0.2) is 54.6 Å².